The predicted octanol–water partition coefficient (Wildman–Crippen LogP) is 1.22. The Morgan fingerprint density at radius 2 is 2.05 bits per heavy atom. The number of aryl methyl sites for hydroxylation is 2. The molecule has 0 aliphatic rings. The van der Waals surface area contributed by atoms with E-state index in [1.165, 1.54) is 6.92 Å². The third kappa shape index (κ3) is 4.82. The first-order valence-electron chi connectivity index (χ1n) is 6.96. The fourth-order valence-corrected chi connectivity index (χ4v) is 3.29. The van der Waals surface area contributed by atoms with Gasteiger partial charge in [0.15, 0.2) is 5.76 Å². The van der Waals surface area contributed by atoms with Crippen molar-refractivity contribution in [3.63, 3.8) is 0 Å². The molecule has 1 aromatic rings. The van der Waals surface area contributed by atoms with Crippen molar-refractivity contribution in [2.45, 2.75) is 44.9 Å². The van der Waals surface area contributed by atoms with Crippen LogP contribution >= 0.6 is 0 Å². The molecular weight excluding hydrogens is 294 g/mol. The molecule has 0 aliphatic heterocycles. The summed E-state index contributed by atoms with van der Waals surface area (Å²) >= 11 is 0. The van der Waals surface area contributed by atoms with Crippen LogP contribution in [0.2, 0.25) is 0 Å². The summed E-state index contributed by atoms with van der Waals surface area (Å²) in [5.74, 6) is 0.163. The molecule has 7 nitrogen and oxygen atoms in total. The normalized spacial score (nSPS) is 11.6. The van der Waals surface area contributed by atoms with Crippen molar-refractivity contribution in [2.75, 3.05) is 20.1 Å². The van der Waals surface area contributed by atoms with Gasteiger partial charge in [-0.25, -0.2) is 13.1 Å². The predicted molar refractivity (Wildman–Crippen MR) is 78.3 cm³/mol. The minimum atomic E-state index is -3.69. The fraction of sp³-hybridized carbons (Fsp3) is 0.692. The standard InChI is InChI=1S/C13H23N3O4S/c1-5-6-9-16(4)12(17)7-8-14-21(18,19)13-10(2)15-20-11(13)3/h14H,5-9H2,1-4H3. The second-order valence-corrected chi connectivity index (χ2v) is 6.67. The molecule has 1 rings (SSSR count). The molecule has 0 aliphatic carbocycles. The molecule has 1 N–H and O–H groups in total. The van der Waals surface area contributed by atoms with E-state index >= 15 is 0 Å². The number of hydrogen-bond acceptors (Lipinski definition) is 5. The Hall–Kier alpha value is -1.41. The van der Waals surface area contributed by atoms with Crippen molar-refractivity contribution in [2.24, 2.45) is 0 Å². The summed E-state index contributed by atoms with van der Waals surface area (Å²) in [6.45, 7) is 5.90. The lowest BCUT2D eigenvalue weighted by molar-refractivity contribution is -0.129. The Morgan fingerprint density at radius 3 is 2.57 bits per heavy atom. The van der Waals surface area contributed by atoms with Gasteiger partial charge in [0.1, 0.15) is 10.6 Å². The molecule has 1 aromatic heterocycles. The van der Waals surface area contributed by atoms with E-state index in [0.717, 1.165) is 12.8 Å². The van der Waals surface area contributed by atoms with Crippen LogP contribution in [-0.2, 0) is 14.8 Å². The summed E-state index contributed by atoms with van der Waals surface area (Å²) in [5.41, 5.74) is 0.311. The molecule has 0 fully saturated rings. The Morgan fingerprint density at radius 1 is 1.38 bits per heavy atom. The highest BCUT2D eigenvalue weighted by Crippen LogP contribution is 2.18. The topological polar surface area (TPSA) is 92.5 Å². The highest BCUT2D eigenvalue weighted by molar-refractivity contribution is 7.89. The van der Waals surface area contributed by atoms with Crippen LogP contribution in [0.3, 0.4) is 0 Å². The molecule has 0 aromatic carbocycles. The first kappa shape index (κ1) is 17.6. The number of nitrogens with one attached hydrogen (secondary N) is 1. The number of sulfonamides is 1. The number of hydrogen-bond donors (Lipinski definition) is 1. The van der Waals surface area contributed by atoms with Gasteiger partial charge in [-0.1, -0.05) is 18.5 Å². The zero-order chi connectivity index (χ0) is 16.0. The third-order valence-electron chi connectivity index (χ3n) is 3.14. The van der Waals surface area contributed by atoms with Crippen LogP contribution in [0.25, 0.3) is 0 Å². The molecule has 1 heterocycles. The van der Waals surface area contributed by atoms with E-state index in [1.807, 2.05) is 0 Å². The van der Waals surface area contributed by atoms with Crippen molar-refractivity contribution >= 4 is 15.9 Å². The molecule has 0 bridgehead atoms. The lowest BCUT2D eigenvalue weighted by Crippen LogP contribution is -2.33. The smallest absolute Gasteiger partial charge is 0.245 e. The Labute approximate surface area is 125 Å². The van der Waals surface area contributed by atoms with Crippen molar-refractivity contribution in [1.82, 2.24) is 14.8 Å². The van der Waals surface area contributed by atoms with Crippen LogP contribution in [0.15, 0.2) is 9.42 Å². The van der Waals surface area contributed by atoms with E-state index in [1.54, 1.807) is 18.9 Å². The second kappa shape index (κ2) is 7.56. The summed E-state index contributed by atoms with van der Waals surface area (Å²) < 4.78 is 31.5. The number of aromatic nitrogens is 1. The zero-order valence-electron chi connectivity index (χ0n) is 13.0. The molecule has 8 heteroatoms. The van der Waals surface area contributed by atoms with Gasteiger partial charge in [0, 0.05) is 26.6 Å². The molecule has 0 saturated heterocycles. The highest BCUT2D eigenvalue weighted by atomic mass is 32.2. The van der Waals surface area contributed by atoms with E-state index < -0.39 is 10.0 Å². The van der Waals surface area contributed by atoms with Gasteiger partial charge in [-0.2, -0.15) is 0 Å². The van der Waals surface area contributed by atoms with Gasteiger partial charge in [-0.3, -0.25) is 4.79 Å². The number of amides is 1. The molecule has 0 atom stereocenters. The van der Waals surface area contributed by atoms with Gasteiger partial charge in [-0.15, -0.1) is 0 Å². The van der Waals surface area contributed by atoms with Gasteiger partial charge in [0.2, 0.25) is 15.9 Å². The van der Waals surface area contributed by atoms with Crippen molar-refractivity contribution in [3.8, 4) is 0 Å². The summed E-state index contributed by atoms with van der Waals surface area (Å²) in [6, 6.07) is 0. The second-order valence-electron chi connectivity index (χ2n) is 4.97. The minimum Gasteiger partial charge on any atom is -0.360 e. The number of carbonyl (C=O) groups is 1. The average Bonchev–Trinajstić information content (AvgIpc) is 2.75. The maximum atomic E-state index is 12.1. The van der Waals surface area contributed by atoms with Gasteiger partial charge >= 0.3 is 0 Å². The van der Waals surface area contributed by atoms with E-state index in [4.69, 9.17) is 4.52 Å². The largest absolute Gasteiger partial charge is 0.360 e. The molecule has 0 saturated carbocycles. The van der Waals surface area contributed by atoms with E-state index in [0.29, 0.717) is 12.2 Å². The van der Waals surface area contributed by atoms with Crippen molar-refractivity contribution < 1.29 is 17.7 Å². The third-order valence-corrected chi connectivity index (χ3v) is 4.84. The van der Waals surface area contributed by atoms with E-state index in [9.17, 15) is 13.2 Å². The molecule has 120 valence electrons. The SMILES string of the molecule is CCCCN(C)C(=O)CCNS(=O)(=O)c1c(C)noc1C. The maximum absolute atomic E-state index is 12.1. The van der Waals surface area contributed by atoms with Crippen LogP contribution in [0.4, 0.5) is 0 Å². The first-order valence-corrected chi connectivity index (χ1v) is 8.44. The van der Waals surface area contributed by atoms with Gasteiger partial charge < -0.3 is 9.42 Å². The number of rotatable bonds is 8. The summed E-state index contributed by atoms with van der Waals surface area (Å²) in [5, 5.41) is 3.62. The van der Waals surface area contributed by atoms with Gasteiger partial charge in [0.05, 0.1) is 0 Å². The molecule has 1 amide bonds. The Bertz CT molecular complexity index is 561. The monoisotopic (exact) mass is 317 g/mol. The maximum Gasteiger partial charge on any atom is 0.245 e. The van der Waals surface area contributed by atoms with Gasteiger partial charge in [0.25, 0.3) is 0 Å². The molecule has 0 radical (unpaired) electrons. The van der Waals surface area contributed by atoms with Gasteiger partial charge in [-0.05, 0) is 20.3 Å². The van der Waals surface area contributed by atoms with Crippen LogP contribution in [-0.4, -0.2) is 44.5 Å². The lowest BCUT2D eigenvalue weighted by Gasteiger charge is -2.16. The van der Waals surface area contributed by atoms with Crippen molar-refractivity contribution in [1.29, 1.82) is 0 Å². The summed E-state index contributed by atoms with van der Waals surface area (Å²) in [4.78, 5) is 13.5. The quantitative estimate of drug-likeness (QED) is 0.778. The Balaban J connectivity index is 2.54. The van der Waals surface area contributed by atoms with E-state index in [2.05, 4.69) is 16.8 Å². The summed E-state index contributed by atoms with van der Waals surface area (Å²) in [7, 11) is -1.97. The number of unbranched alkanes of at least 4 members (excludes halogenated alkanes) is 1. The van der Waals surface area contributed by atoms with Crippen LogP contribution in [0, 0.1) is 13.8 Å². The van der Waals surface area contributed by atoms with Crippen LogP contribution < -0.4 is 4.72 Å². The Kier molecular flexibility index (Phi) is 6.35. The van der Waals surface area contributed by atoms with Crippen LogP contribution in [0.5, 0.6) is 0 Å². The average molecular weight is 317 g/mol. The molecule has 21 heavy (non-hydrogen) atoms. The highest BCUT2D eigenvalue weighted by Gasteiger charge is 2.24. The minimum absolute atomic E-state index is 0.0503. The molecular formula is C13H23N3O4S. The van der Waals surface area contributed by atoms with Crippen LogP contribution in [0.1, 0.15) is 37.6 Å². The summed E-state index contributed by atoms with van der Waals surface area (Å²) in [6.07, 6.45) is 2.08. The first-order chi connectivity index (χ1) is 9.79. The number of nitrogens with zero attached hydrogens (tertiary/aromatic N) is 2. The fourth-order valence-electron chi connectivity index (χ4n) is 1.93. The van der Waals surface area contributed by atoms with E-state index in [-0.39, 0.29) is 29.5 Å². The zero-order valence-corrected chi connectivity index (χ0v) is 13.8. The molecule has 0 unspecified atom stereocenters. The lowest BCUT2D eigenvalue weighted by atomic mass is 10.3. The number of carbonyl (C=O) groups excluding carboxylic acids is 1. The van der Waals surface area contributed by atoms with Crippen molar-refractivity contribution in [3.05, 3.63) is 11.5 Å². The molecule has 0 spiro atoms.